The third kappa shape index (κ3) is 2.25. The van der Waals surface area contributed by atoms with Crippen LogP contribution in [-0.4, -0.2) is 18.3 Å². The molecule has 0 unspecified atom stereocenters. The van der Waals surface area contributed by atoms with Crippen molar-refractivity contribution in [3.63, 3.8) is 0 Å². The fourth-order valence-corrected chi connectivity index (χ4v) is 2.44. The summed E-state index contributed by atoms with van der Waals surface area (Å²) >= 11 is 0. The minimum atomic E-state index is -0.368. The van der Waals surface area contributed by atoms with Crippen LogP contribution in [0.1, 0.15) is 44.4 Å². The van der Waals surface area contributed by atoms with Crippen LogP contribution in [0.25, 0.3) is 12.2 Å². The molecular weight excluding hydrogens is 247 g/mol. The molecule has 0 N–H and O–H groups in total. The summed E-state index contributed by atoms with van der Waals surface area (Å²) in [7, 11) is -0.368. The van der Waals surface area contributed by atoms with Crippen molar-refractivity contribution in [3.05, 3.63) is 42.0 Å². The highest BCUT2D eigenvalue weighted by Gasteiger charge is 2.52. The summed E-state index contributed by atoms with van der Waals surface area (Å²) in [5.41, 5.74) is 3.64. The van der Waals surface area contributed by atoms with E-state index in [1.165, 1.54) is 5.56 Å². The lowest BCUT2D eigenvalue weighted by molar-refractivity contribution is 0.00578. The average molecular weight is 270 g/mol. The second-order valence-electron chi connectivity index (χ2n) is 6.30. The van der Waals surface area contributed by atoms with Gasteiger partial charge in [-0.1, -0.05) is 37.4 Å². The second-order valence-corrected chi connectivity index (χ2v) is 6.30. The molecule has 106 valence electrons. The first-order valence-electron chi connectivity index (χ1n) is 6.97. The van der Waals surface area contributed by atoms with Crippen LogP contribution in [0.3, 0.4) is 0 Å². The van der Waals surface area contributed by atoms with Gasteiger partial charge in [0.2, 0.25) is 0 Å². The van der Waals surface area contributed by atoms with E-state index in [1.54, 1.807) is 0 Å². The van der Waals surface area contributed by atoms with E-state index in [2.05, 4.69) is 59.9 Å². The van der Waals surface area contributed by atoms with Gasteiger partial charge in [-0.15, -0.1) is 0 Å². The Labute approximate surface area is 122 Å². The predicted molar refractivity (Wildman–Crippen MR) is 87.1 cm³/mol. The molecule has 0 amide bonds. The van der Waals surface area contributed by atoms with Gasteiger partial charge in [0.25, 0.3) is 0 Å². The maximum Gasteiger partial charge on any atom is 0.495 e. The zero-order chi connectivity index (χ0) is 15.1. The molecule has 1 aromatic rings. The summed E-state index contributed by atoms with van der Waals surface area (Å²) in [6.45, 7) is 18.1. The molecule has 1 aliphatic heterocycles. The number of rotatable bonds is 3. The first-order chi connectivity index (χ1) is 9.23. The molecule has 1 aliphatic rings. The molecule has 2 nitrogen and oxygen atoms in total. The Kier molecular flexibility index (Phi) is 3.70. The smallest absolute Gasteiger partial charge is 0.399 e. The van der Waals surface area contributed by atoms with Gasteiger partial charge >= 0.3 is 7.12 Å². The lowest BCUT2D eigenvalue weighted by Crippen LogP contribution is -2.41. The molecule has 0 saturated carbocycles. The third-order valence-electron chi connectivity index (χ3n) is 4.45. The van der Waals surface area contributed by atoms with Crippen molar-refractivity contribution in [1.82, 2.24) is 0 Å². The summed E-state index contributed by atoms with van der Waals surface area (Å²) < 4.78 is 12.3. The zero-order valence-corrected chi connectivity index (χ0v) is 13.1. The van der Waals surface area contributed by atoms with Crippen molar-refractivity contribution >= 4 is 24.7 Å². The van der Waals surface area contributed by atoms with Gasteiger partial charge in [-0.05, 0) is 56.8 Å². The fraction of sp³-hybridized carbons (Fsp3) is 0.412. The largest absolute Gasteiger partial charge is 0.495 e. The standard InChI is InChI=1S/C17H23BO2/c1-8-13-12(3)10-11-15(14(13)9-2)18-19-16(4,5)17(6,7)20-18/h8-11H,1-2H2,3-7H3. The van der Waals surface area contributed by atoms with Crippen LogP contribution in [0.4, 0.5) is 0 Å². The van der Waals surface area contributed by atoms with E-state index in [1.807, 2.05) is 12.2 Å². The number of hydrogen-bond acceptors (Lipinski definition) is 2. The van der Waals surface area contributed by atoms with E-state index in [-0.39, 0.29) is 18.3 Å². The van der Waals surface area contributed by atoms with Crippen LogP contribution in [-0.2, 0) is 9.31 Å². The molecule has 0 bridgehead atoms. The maximum absolute atomic E-state index is 6.13. The lowest BCUT2D eigenvalue weighted by atomic mass is 9.74. The van der Waals surface area contributed by atoms with Crippen LogP contribution >= 0.6 is 0 Å². The van der Waals surface area contributed by atoms with Crippen LogP contribution in [0.2, 0.25) is 0 Å². The number of aryl methyl sites for hydroxylation is 1. The molecule has 20 heavy (non-hydrogen) atoms. The predicted octanol–water partition coefficient (Wildman–Crippen LogP) is 3.58. The summed E-state index contributed by atoms with van der Waals surface area (Å²) in [5, 5.41) is 0. The van der Waals surface area contributed by atoms with Crippen LogP contribution in [0.15, 0.2) is 25.3 Å². The highest BCUT2D eigenvalue weighted by atomic mass is 16.7. The van der Waals surface area contributed by atoms with Gasteiger partial charge < -0.3 is 9.31 Å². The van der Waals surface area contributed by atoms with Gasteiger partial charge in [-0.25, -0.2) is 0 Å². The van der Waals surface area contributed by atoms with Crippen LogP contribution in [0.5, 0.6) is 0 Å². The van der Waals surface area contributed by atoms with Gasteiger partial charge in [0.15, 0.2) is 0 Å². The molecule has 3 heteroatoms. The van der Waals surface area contributed by atoms with Crippen molar-refractivity contribution in [1.29, 1.82) is 0 Å². The summed E-state index contributed by atoms with van der Waals surface area (Å²) in [5.74, 6) is 0. The summed E-state index contributed by atoms with van der Waals surface area (Å²) in [6.07, 6.45) is 3.71. The molecule has 1 heterocycles. The molecule has 1 aromatic carbocycles. The minimum Gasteiger partial charge on any atom is -0.399 e. The molecule has 0 atom stereocenters. The van der Waals surface area contributed by atoms with Gasteiger partial charge in [-0.2, -0.15) is 0 Å². The Hall–Kier alpha value is -1.32. The average Bonchev–Trinajstić information content (AvgIpc) is 2.57. The molecule has 1 fully saturated rings. The van der Waals surface area contributed by atoms with Crippen molar-refractivity contribution in [3.8, 4) is 0 Å². The van der Waals surface area contributed by atoms with Crippen LogP contribution in [0, 0.1) is 6.92 Å². The zero-order valence-electron chi connectivity index (χ0n) is 13.1. The van der Waals surface area contributed by atoms with Crippen molar-refractivity contribution in [2.75, 3.05) is 0 Å². The van der Waals surface area contributed by atoms with Gasteiger partial charge in [0, 0.05) is 0 Å². The van der Waals surface area contributed by atoms with Crippen molar-refractivity contribution in [2.45, 2.75) is 45.8 Å². The molecule has 0 aromatic heterocycles. The minimum absolute atomic E-state index is 0.338. The number of benzene rings is 1. The lowest BCUT2D eigenvalue weighted by Gasteiger charge is -2.32. The van der Waals surface area contributed by atoms with Gasteiger partial charge in [0.05, 0.1) is 11.2 Å². The van der Waals surface area contributed by atoms with E-state index in [4.69, 9.17) is 9.31 Å². The van der Waals surface area contributed by atoms with Crippen molar-refractivity contribution < 1.29 is 9.31 Å². The first kappa shape index (κ1) is 15.1. The topological polar surface area (TPSA) is 18.5 Å². The van der Waals surface area contributed by atoms with E-state index in [0.29, 0.717) is 0 Å². The normalized spacial score (nSPS) is 19.9. The number of hydrogen-bond donors (Lipinski definition) is 0. The Morgan fingerprint density at radius 1 is 0.950 bits per heavy atom. The Morgan fingerprint density at radius 3 is 1.90 bits per heavy atom. The van der Waals surface area contributed by atoms with E-state index in [0.717, 1.165) is 16.6 Å². The SMILES string of the molecule is C=Cc1c(C)ccc(B2OC(C)(C)C(C)(C)O2)c1C=C. The molecular formula is C17H23BO2. The second kappa shape index (κ2) is 4.90. The fourth-order valence-electron chi connectivity index (χ4n) is 2.44. The molecule has 2 rings (SSSR count). The Bertz CT molecular complexity index is 542. The summed E-state index contributed by atoms with van der Waals surface area (Å²) in [6, 6.07) is 4.13. The monoisotopic (exact) mass is 270 g/mol. The van der Waals surface area contributed by atoms with E-state index >= 15 is 0 Å². The van der Waals surface area contributed by atoms with E-state index in [9.17, 15) is 0 Å². The van der Waals surface area contributed by atoms with Gasteiger partial charge in [-0.3, -0.25) is 0 Å². The molecule has 0 aliphatic carbocycles. The maximum atomic E-state index is 6.13. The third-order valence-corrected chi connectivity index (χ3v) is 4.45. The molecule has 1 saturated heterocycles. The first-order valence-corrected chi connectivity index (χ1v) is 6.97. The Balaban J connectivity index is 2.51. The summed E-state index contributed by atoms with van der Waals surface area (Å²) in [4.78, 5) is 0. The van der Waals surface area contributed by atoms with Crippen molar-refractivity contribution in [2.24, 2.45) is 0 Å². The highest BCUT2D eigenvalue weighted by Crippen LogP contribution is 2.37. The molecule has 0 spiro atoms. The molecule has 0 radical (unpaired) electrons. The Morgan fingerprint density at radius 2 is 1.45 bits per heavy atom. The van der Waals surface area contributed by atoms with Crippen LogP contribution < -0.4 is 5.46 Å². The highest BCUT2D eigenvalue weighted by molar-refractivity contribution is 6.63. The van der Waals surface area contributed by atoms with Gasteiger partial charge in [0.1, 0.15) is 0 Å². The van der Waals surface area contributed by atoms with E-state index < -0.39 is 0 Å². The quantitative estimate of drug-likeness (QED) is 0.781.